The SMILES string of the molecule is Nc1ccc(-c2nc(=S)c3cn[nH]c3[nH]2)cc1. The van der Waals surface area contributed by atoms with Crippen molar-refractivity contribution in [2.24, 2.45) is 0 Å². The number of nitrogen functional groups attached to an aromatic ring is 1. The highest BCUT2D eigenvalue weighted by atomic mass is 32.1. The predicted molar refractivity (Wildman–Crippen MR) is 68.9 cm³/mol. The molecular weight excluding hydrogens is 234 g/mol. The lowest BCUT2D eigenvalue weighted by Gasteiger charge is -2.02. The second kappa shape index (κ2) is 3.67. The van der Waals surface area contributed by atoms with Gasteiger partial charge in [-0.15, -0.1) is 0 Å². The van der Waals surface area contributed by atoms with Gasteiger partial charge in [-0.25, -0.2) is 4.98 Å². The minimum atomic E-state index is 0.527. The lowest BCUT2D eigenvalue weighted by molar-refractivity contribution is 1.09. The molecule has 0 amide bonds. The molecule has 0 radical (unpaired) electrons. The van der Waals surface area contributed by atoms with Crippen LogP contribution in [0.1, 0.15) is 0 Å². The third kappa shape index (κ3) is 1.68. The molecule has 0 saturated carbocycles. The Morgan fingerprint density at radius 3 is 2.71 bits per heavy atom. The van der Waals surface area contributed by atoms with E-state index in [0.717, 1.165) is 22.3 Å². The summed E-state index contributed by atoms with van der Waals surface area (Å²) < 4.78 is 0.527. The molecule has 0 fully saturated rings. The Bertz CT molecular complexity index is 725. The number of rotatable bonds is 1. The van der Waals surface area contributed by atoms with Crippen LogP contribution in [0.15, 0.2) is 30.5 Å². The maximum Gasteiger partial charge on any atom is 0.141 e. The highest BCUT2D eigenvalue weighted by Crippen LogP contribution is 2.19. The fourth-order valence-corrected chi connectivity index (χ4v) is 1.88. The number of nitrogens with zero attached hydrogens (tertiary/aromatic N) is 2. The molecule has 4 N–H and O–H groups in total. The maximum absolute atomic E-state index is 5.64. The summed E-state index contributed by atoms with van der Waals surface area (Å²) in [4.78, 5) is 7.48. The molecule has 3 aromatic rings. The monoisotopic (exact) mass is 243 g/mol. The van der Waals surface area contributed by atoms with E-state index in [-0.39, 0.29) is 0 Å². The van der Waals surface area contributed by atoms with Crippen LogP contribution in [0.2, 0.25) is 0 Å². The van der Waals surface area contributed by atoms with Crippen molar-refractivity contribution in [1.29, 1.82) is 0 Å². The number of benzene rings is 1. The lowest BCUT2D eigenvalue weighted by Crippen LogP contribution is -1.91. The van der Waals surface area contributed by atoms with Crippen molar-refractivity contribution >= 4 is 28.9 Å². The highest BCUT2D eigenvalue weighted by Gasteiger charge is 2.04. The number of aromatic nitrogens is 4. The van der Waals surface area contributed by atoms with Crippen molar-refractivity contribution in [2.45, 2.75) is 0 Å². The van der Waals surface area contributed by atoms with Crippen molar-refractivity contribution in [3.63, 3.8) is 0 Å². The molecule has 0 atom stereocenters. The minimum Gasteiger partial charge on any atom is -0.399 e. The Hall–Kier alpha value is -2.21. The molecule has 0 unspecified atom stereocenters. The van der Waals surface area contributed by atoms with Gasteiger partial charge in [0.1, 0.15) is 16.1 Å². The number of fused-ring (bicyclic) bond motifs is 1. The van der Waals surface area contributed by atoms with Gasteiger partial charge in [-0.05, 0) is 24.3 Å². The van der Waals surface area contributed by atoms with Crippen molar-refractivity contribution < 1.29 is 0 Å². The van der Waals surface area contributed by atoms with Crippen LogP contribution in [0.5, 0.6) is 0 Å². The summed E-state index contributed by atoms with van der Waals surface area (Å²) in [5.41, 5.74) is 8.07. The summed E-state index contributed by atoms with van der Waals surface area (Å²) in [6.45, 7) is 0. The summed E-state index contributed by atoms with van der Waals surface area (Å²) in [5.74, 6) is 0.701. The molecule has 3 rings (SSSR count). The average molecular weight is 243 g/mol. The molecule has 0 aliphatic rings. The number of nitrogens with one attached hydrogen (secondary N) is 2. The quantitative estimate of drug-likeness (QED) is 0.452. The van der Waals surface area contributed by atoms with E-state index in [4.69, 9.17) is 18.0 Å². The predicted octanol–water partition coefficient (Wildman–Crippen LogP) is 2.26. The normalized spacial score (nSPS) is 10.8. The van der Waals surface area contributed by atoms with Crippen LogP contribution in [0.4, 0.5) is 5.69 Å². The first kappa shape index (κ1) is 9.98. The van der Waals surface area contributed by atoms with Crippen molar-refractivity contribution in [3.05, 3.63) is 35.1 Å². The highest BCUT2D eigenvalue weighted by molar-refractivity contribution is 7.71. The van der Waals surface area contributed by atoms with E-state index in [1.807, 2.05) is 24.3 Å². The first-order valence-electron chi connectivity index (χ1n) is 5.03. The number of hydrogen-bond acceptors (Lipinski definition) is 4. The second-order valence-corrected chi connectivity index (χ2v) is 4.06. The number of H-pyrrole nitrogens is 2. The van der Waals surface area contributed by atoms with Gasteiger partial charge < -0.3 is 10.7 Å². The smallest absolute Gasteiger partial charge is 0.141 e. The van der Waals surface area contributed by atoms with Crippen LogP contribution in [-0.2, 0) is 0 Å². The number of aromatic amines is 2. The summed E-state index contributed by atoms with van der Waals surface area (Å²) in [7, 11) is 0. The second-order valence-electron chi connectivity index (χ2n) is 3.67. The van der Waals surface area contributed by atoms with E-state index in [1.165, 1.54) is 0 Å². The average Bonchev–Trinajstić information content (AvgIpc) is 2.78. The molecule has 1 aromatic carbocycles. The molecule has 84 valence electrons. The Kier molecular flexibility index (Phi) is 2.15. The fourth-order valence-electron chi connectivity index (χ4n) is 1.63. The molecular formula is C11H9N5S. The third-order valence-electron chi connectivity index (χ3n) is 2.51. The molecule has 0 aliphatic heterocycles. The van der Waals surface area contributed by atoms with E-state index < -0.39 is 0 Å². The van der Waals surface area contributed by atoms with E-state index in [2.05, 4.69) is 20.2 Å². The van der Waals surface area contributed by atoms with Gasteiger partial charge in [-0.3, -0.25) is 5.10 Å². The van der Waals surface area contributed by atoms with Gasteiger partial charge in [-0.2, -0.15) is 5.10 Å². The number of anilines is 1. The molecule has 0 bridgehead atoms. The van der Waals surface area contributed by atoms with Crippen LogP contribution in [0.25, 0.3) is 22.4 Å². The van der Waals surface area contributed by atoms with Crippen LogP contribution >= 0.6 is 12.2 Å². The van der Waals surface area contributed by atoms with Crippen LogP contribution in [0.3, 0.4) is 0 Å². The van der Waals surface area contributed by atoms with Crippen LogP contribution in [0, 0.1) is 4.64 Å². The van der Waals surface area contributed by atoms with E-state index in [0.29, 0.717) is 10.5 Å². The first-order chi connectivity index (χ1) is 8.24. The van der Waals surface area contributed by atoms with E-state index in [9.17, 15) is 0 Å². The summed E-state index contributed by atoms with van der Waals surface area (Å²) in [6.07, 6.45) is 1.66. The lowest BCUT2D eigenvalue weighted by atomic mass is 10.2. The number of nitrogens with two attached hydrogens (primary N) is 1. The van der Waals surface area contributed by atoms with Gasteiger partial charge >= 0.3 is 0 Å². The largest absolute Gasteiger partial charge is 0.399 e. The van der Waals surface area contributed by atoms with E-state index in [1.54, 1.807) is 6.20 Å². The minimum absolute atomic E-state index is 0.527. The zero-order chi connectivity index (χ0) is 11.8. The number of hydrogen-bond donors (Lipinski definition) is 3. The van der Waals surface area contributed by atoms with Gasteiger partial charge in [0.25, 0.3) is 0 Å². The van der Waals surface area contributed by atoms with Crippen molar-refractivity contribution in [1.82, 2.24) is 20.2 Å². The first-order valence-corrected chi connectivity index (χ1v) is 5.44. The molecule has 2 heterocycles. The molecule has 6 heteroatoms. The van der Waals surface area contributed by atoms with Gasteiger partial charge in [0.15, 0.2) is 0 Å². The zero-order valence-corrected chi connectivity index (χ0v) is 9.58. The van der Waals surface area contributed by atoms with Crippen LogP contribution < -0.4 is 5.73 Å². The molecule has 17 heavy (non-hydrogen) atoms. The van der Waals surface area contributed by atoms with Gasteiger partial charge in [0, 0.05) is 11.3 Å². The molecule has 0 spiro atoms. The van der Waals surface area contributed by atoms with Gasteiger partial charge in [0.05, 0.1) is 11.6 Å². The topological polar surface area (TPSA) is 83.4 Å². The Labute approximate surface area is 102 Å². The third-order valence-corrected chi connectivity index (χ3v) is 2.82. The Morgan fingerprint density at radius 1 is 1.18 bits per heavy atom. The summed E-state index contributed by atoms with van der Waals surface area (Å²) in [6, 6.07) is 7.44. The van der Waals surface area contributed by atoms with E-state index >= 15 is 0 Å². The zero-order valence-electron chi connectivity index (χ0n) is 8.77. The Morgan fingerprint density at radius 2 is 1.94 bits per heavy atom. The standard InChI is InChI=1S/C11H9N5S/c12-7-3-1-6(2-4-7)9-14-10-8(5-13-16-10)11(17)15-9/h1-5H,12H2,(H2,13,14,15,16,17). The van der Waals surface area contributed by atoms with Crippen molar-refractivity contribution in [3.8, 4) is 11.4 Å². The fraction of sp³-hybridized carbons (Fsp3) is 0. The summed E-state index contributed by atoms with van der Waals surface area (Å²) in [5, 5.41) is 7.59. The maximum atomic E-state index is 5.64. The van der Waals surface area contributed by atoms with Gasteiger partial charge in [0.2, 0.25) is 0 Å². The molecule has 0 aliphatic carbocycles. The summed E-state index contributed by atoms with van der Waals surface area (Å²) >= 11 is 5.20. The Balaban J connectivity index is 2.23. The van der Waals surface area contributed by atoms with Crippen molar-refractivity contribution in [2.75, 3.05) is 5.73 Å². The van der Waals surface area contributed by atoms with Crippen LogP contribution in [-0.4, -0.2) is 20.2 Å². The molecule has 5 nitrogen and oxygen atoms in total. The molecule has 2 aromatic heterocycles. The van der Waals surface area contributed by atoms with Gasteiger partial charge in [-0.1, -0.05) is 12.2 Å². The molecule has 0 saturated heterocycles.